The molecule has 3 heterocycles. The molecule has 2 aromatic carbocycles. The summed E-state index contributed by atoms with van der Waals surface area (Å²) in [6.45, 7) is 2.13. The zero-order chi connectivity index (χ0) is 17.7. The van der Waals surface area contributed by atoms with Crippen molar-refractivity contribution < 1.29 is 9.15 Å². The first-order valence-electron chi connectivity index (χ1n) is 8.38. The molecule has 0 aliphatic carbocycles. The van der Waals surface area contributed by atoms with E-state index in [1.807, 2.05) is 29.5 Å². The van der Waals surface area contributed by atoms with E-state index in [-0.39, 0.29) is 0 Å². The van der Waals surface area contributed by atoms with Gasteiger partial charge in [-0.25, -0.2) is 0 Å². The predicted octanol–water partition coefficient (Wildman–Crippen LogP) is 7.36. The van der Waals surface area contributed by atoms with Crippen molar-refractivity contribution in [1.29, 1.82) is 0 Å². The zero-order valence-corrected chi connectivity index (χ0v) is 16.0. The van der Waals surface area contributed by atoms with E-state index in [9.17, 15) is 0 Å². The van der Waals surface area contributed by atoms with Crippen molar-refractivity contribution in [2.75, 3.05) is 7.11 Å². The van der Waals surface area contributed by atoms with Crippen molar-refractivity contribution in [3.8, 4) is 27.5 Å². The summed E-state index contributed by atoms with van der Waals surface area (Å²) >= 11 is 3.59. The number of fused-ring (bicyclic) bond motifs is 2. The maximum absolute atomic E-state index is 6.24. The van der Waals surface area contributed by atoms with Gasteiger partial charge in [-0.15, -0.1) is 22.7 Å². The molecule has 128 valence electrons. The third kappa shape index (κ3) is 2.37. The minimum atomic E-state index is 0.856. The van der Waals surface area contributed by atoms with Crippen LogP contribution in [0.3, 0.4) is 0 Å². The average molecular weight is 377 g/mol. The lowest BCUT2D eigenvalue weighted by Crippen LogP contribution is -1.87. The molecule has 0 fully saturated rings. The van der Waals surface area contributed by atoms with Crippen LogP contribution in [0.4, 0.5) is 0 Å². The van der Waals surface area contributed by atoms with Gasteiger partial charge in [-0.3, -0.25) is 0 Å². The standard InChI is InChI=1S/C22H16O2S2/c1-13-15-5-3-4-6-18(15)24-22(13)16-8-7-14(23-2)11-17(16)20-12-21-19(26-20)9-10-25-21/h3-12H,1-2H3. The van der Waals surface area contributed by atoms with Crippen LogP contribution in [0.15, 0.2) is 64.4 Å². The van der Waals surface area contributed by atoms with E-state index in [1.54, 1.807) is 18.4 Å². The van der Waals surface area contributed by atoms with Crippen molar-refractivity contribution in [3.05, 3.63) is 65.5 Å². The fourth-order valence-corrected chi connectivity index (χ4v) is 5.52. The molecule has 0 radical (unpaired) electrons. The number of hydrogen-bond acceptors (Lipinski definition) is 4. The molecule has 0 aliphatic rings. The molecule has 0 amide bonds. The maximum atomic E-state index is 6.24. The number of ether oxygens (including phenoxy) is 1. The third-order valence-corrected chi connectivity index (χ3v) is 6.85. The minimum absolute atomic E-state index is 0.856. The molecule has 0 atom stereocenters. The molecule has 0 spiro atoms. The van der Waals surface area contributed by atoms with Gasteiger partial charge in [0.05, 0.1) is 7.11 Å². The van der Waals surface area contributed by atoms with Crippen molar-refractivity contribution >= 4 is 43.0 Å². The second-order valence-corrected chi connectivity index (χ2v) is 8.26. The van der Waals surface area contributed by atoms with Gasteiger partial charge in [0, 0.05) is 36.4 Å². The molecule has 3 aromatic heterocycles. The Balaban J connectivity index is 1.78. The van der Waals surface area contributed by atoms with Crippen molar-refractivity contribution in [2.45, 2.75) is 6.92 Å². The molecule has 26 heavy (non-hydrogen) atoms. The highest BCUT2D eigenvalue weighted by atomic mass is 32.1. The summed E-state index contributed by atoms with van der Waals surface area (Å²) in [6, 6.07) is 18.9. The van der Waals surface area contributed by atoms with E-state index < -0.39 is 0 Å². The van der Waals surface area contributed by atoms with Gasteiger partial charge in [-0.2, -0.15) is 0 Å². The number of furan rings is 1. The van der Waals surface area contributed by atoms with Crippen LogP contribution in [0.5, 0.6) is 5.75 Å². The Hall–Kier alpha value is -2.56. The summed E-state index contributed by atoms with van der Waals surface area (Å²) in [5.74, 6) is 1.79. The number of thiophene rings is 2. The minimum Gasteiger partial charge on any atom is -0.497 e. The lowest BCUT2D eigenvalue weighted by atomic mass is 10.00. The Morgan fingerprint density at radius 1 is 0.923 bits per heavy atom. The van der Waals surface area contributed by atoms with Gasteiger partial charge >= 0.3 is 0 Å². The number of para-hydroxylation sites is 1. The van der Waals surface area contributed by atoms with E-state index in [0.29, 0.717) is 0 Å². The fraction of sp³-hybridized carbons (Fsp3) is 0.0909. The van der Waals surface area contributed by atoms with E-state index in [4.69, 9.17) is 9.15 Å². The molecule has 0 saturated heterocycles. The number of aryl methyl sites for hydroxylation is 1. The Labute approximate surface area is 159 Å². The maximum Gasteiger partial charge on any atom is 0.138 e. The molecule has 0 bridgehead atoms. The van der Waals surface area contributed by atoms with Gasteiger partial charge in [-0.05, 0) is 48.7 Å². The zero-order valence-electron chi connectivity index (χ0n) is 14.4. The van der Waals surface area contributed by atoms with E-state index >= 15 is 0 Å². The summed E-state index contributed by atoms with van der Waals surface area (Å²) in [6.07, 6.45) is 0. The quantitative estimate of drug-likeness (QED) is 0.328. The Kier molecular flexibility index (Phi) is 3.62. The number of methoxy groups -OCH3 is 1. The van der Waals surface area contributed by atoms with Crippen molar-refractivity contribution in [3.63, 3.8) is 0 Å². The van der Waals surface area contributed by atoms with Gasteiger partial charge in [-0.1, -0.05) is 18.2 Å². The SMILES string of the molecule is COc1ccc(-c2oc3ccccc3c2C)c(-c2cc3sccc3s2)c1. The van der Waals surface area contributed by atoms with Crippen LogP contribution in [0.1, 0.15) is 5.56 Å². The van der Waals surface area contributed by atoms with Gasteiger partial charge < -0.3 is 9.15 Å². The van der Waals surface area contributed by atoms with Crippen LogP contribution >= 0.6 is 22.7 Å². The molecule has 0 N–H and O–H groups in total. The van der Waals surface area contributed by atoms with E-state index in [2.05, 4.69) is 48.7 Å². The first-order valence-corrected chi connectivity index (χ1v) is 10.1. The van der Waals surface area contributed by atoms with Crippen LogP contribution in [-0.2, 0) is 0 Å². The van der Waals surface area contributed by atoms with Crippen LogP contribution < -0.4 is 4.74 Å². The summed E-state index contributed by atoms with van der Waals surface area (Å²) in [7, 11) is 1.71. The number of benzene rings is 2. The smallest absolute Gasteiger partial charge is 0.138 e. The van der Waals surface area contributed by atoms with Crippen molar-refractivity contribution in [1.82, 2.24) is 0 Å². The first kappa shape index (κ1) is 15.7. The molecule has 0 unspecified atom stereocenters. The average Bonchev–Trinajstić information content (AvgIpc) is 3.35. The number of rotatable bonds is 3. The Morgan fingerprint density at radius 3 is 2.62 bits per heavy atom. The van der Waals surface area contributed by atoms with Gasteiger partial charge in [0.1, 0.15) is 17.1 Å². The van der Waals surface area contributed by atoms with Crippen LogP contribution in [0.25, 0.3) is 42.1 Å². The summed E-state index contributed by atoms with van der Waals surface area (Å²) in [5.41, 5.74) is 4.35. The highest BCUT2D eigenvalue weighted by Gasteiger charge is 2.18. The second-order valence-electron chi connectivity index (χ2n) is 6.22. The monoisotopic (exact) mass is 376 g/mol. The normalized spacial score (nSPS) is 11.5. The van der Waals surface area contributed by atoms with Crippen molar-refractivity contribution in [2.24, 2.45) is 0 Å². The molecule has 5 aromatic rings. The predicted molar refractivity (Wildman–Crippen MR) is 112 cm³/mol. The molecule has 0 saturated carbocycles. The first-order chi connectivity index (χ1) is 12.7. The largest absolute Gasteiger partial charge is 0.497 e. The number of hydrogen-bond donors (Lipinski definition) is 0. The Morgan fingerprint density at radius 2 is 1.81 bits per heavy atom. The third-order valence-electron chi connectivity index (χ3n) is 4.72. The molecular formula is C22H16O2S2. The summed E-state index contributed by atoms with van der Waals surface area (Å²) < 4.78 is 14.4. The molecule has 5 rings (SSSR count). The lowest BCUT2D eigenvalue weighted by molar-refractivity contribution is 0.415. The summed E-state index contributed by atoms with van der Waals surface area (Å²) in [4.78, 5) is 1.24. The van der Waals surface area contributed by atoms with Gasteiger partial charge in [0.2, 0.25) is 0 Å². The van der Waals surface area contributed by atoms with Crippen LogP contribution in [-0.4, -0.2) is 7.11 Å². The van der Waals surface area contributed by atoms with Gasteiger partial charge in [0.15, 0.2) is 0 Å². The highest BCUT2D eigenvalue weighted by molar-refractivity contribution is 7.28. The van der Waals surface area contributed by atoms with Crippen LogP contribution in [0.2, 0.25) is 0 Å². The second kappa shape index (κ2) is 6.01. The molecule has 2 nitrogen and oxygen atoms in total. The Bertz CT molecular complexity index is 1210. The van der Waals surface area contributed by atoms with E-state index in [0.717, 1.165) is 33.6 Å². The fourth-order valence-electron chi connectivity index (χ4n) is 3.38. The topological polar surface area (TPSA) is 22.4 Å². The molecule has 4 heteroatoms. The van der Waals surface area contributed by atoms with E-state index in [1.165, 1.54) is 19.8 Å². The van der Waals surface area contributed by atoms with Crippen LogP contribution in [0, 0.1) is 6.92 Å². The highest BCUT2D eigenvalue weighted by Crippen LogP contribution is 2.44. The molecular weight excluding hydrogens is 360 g/mol. The van der Waals surface area contributed by atoms with Gasteiger partial charge in [0.25, 0.3) is 0 Å². The molecule has 0 aliphatic heterocycles. The lowest BCUT2D eigenvalue weighted by Gasteiger charge is -2.09. The summed E-state index contributed by atoms with van der Waals surface area (Å²) in [5, 5.41) is 3.30.